The van der Waals surface area contributed by atoms with Crippen LogP contribution in [-0.4, -0.2) is 37.9 Å². The van der Waals surface area contributed by atoms with Gasteiger partial charge in [-0.1, -0.05) is 14.9 Å². The molecule has 0 saturated carbocycles. The van der Waals surface area contributed by atoms with Gasteiger partial charge in [-0.25, -0.2) is 9.36 Å². The molecular weight excluding hydrogens is 447 g/mol. The average molecular weight is 473 g/mol. The van der Waals surface area contributed by atoms with Gasteiger partial charge in [0, 0.05) is 24.1 Å². The first kappa shape index (κ1) is 26.6. The largest absolute Gasteiger partial charge is 0.498 e. The molecule has 1 fully saturated rings. The van der Waals surface area contributed by atoms with Crippen molar-refractivity contribution >= 4 is 28.5 Å². The van der Waals surface area contributed by atoms with Crippen molar-refractivity contribution in [1.82, 2.24) is 19.6 Å². The van der Waals surface area contributed by atoms with Crippen LogP contribution in [0, 0.1) is 0 Å². The Hall–Kier alpha value is -1.40. The molecule has 0 unspecified atom stereocenters. The maximum absolute atomic E-state index is 12.4. The quantitative estimate of drug-likeness (QED) is 0.471. The molecular formula is C16H26BBrF4N4O2. The fourth-order valence-electron chi connectivity index (χ4n) is 1.98. The van der Waals surface area contributed by atoms with Crippen LogP contribution in [0.3, 0.4) is 0 Å². The normalized spacial score (nSPS) is 17.0. The van der Waals surface area contributed by atoms with E-state index in [1.54, 1.807) is 0 Å². The maximum atomic E-state index is 12.4. The molecule has 0 spiro atoms. The van der Waals surface area contributed by atoms with Gasteiger partial charge in [0.2, 0.25) is 0 Å². The Morgan fingerprint density at radius 3 is 1.64 bits per heavy atom. The molecule has 2 aromatic rings. The number of hydrogen-bond acceptors (Lipinski definition) is 4. The van der Waals surface area contributed by atoms with Crippen LogP contribution in [-0.2, 0) is 9.31 Å². The van der Waals surface area contributed by atoms with E-state index in [0.29, 0.717) is 19.3 Å². The van der Waals surface area contributed by atoms with E-state index in [9.17, 15) is 17.6 Å². The number of alkyl halides is 4. The van der Waals surface area contributed by atoms with Gasteiger partial charge >= 0.3 is 20.2 Å². The minimum Gasteiger partial charge on any atom is -0.399 e. The van der Waals surface area contributed by atoms with Gasteiger partial charge < -0.3 is 9.31 Å². The molecule has 3 rings (SSSR count). The first-order valence-corrected chi connectivity index (χ1v) is 8.38. The predicted octanol–water partition coefficient (Wildman–Crippen LogP) is 4.89. The predicted molar refractivity (Wildman–Crippen MR) is 104 cm³/mol. The van der Waals surface area contributed by atoms with E-state index in [4.69, 9.17) is 9.31 Å². The molecule has 1 saturated heterocycles. The molecule has 2 aromatic heterocycles. The van der Waals surface area contributed by atoms with E-state index in [1.165, 1.54) is 24.8 Å². The summed E-state index contributed by atoms with van der Waals surface area (Å²) in [5.74, 6) is 0. The van der Waals surface area contributed by atoms with Crippen LogP contribution < -0.4 is 5.46 Å². The molecule has 0 amide bonds. The van der Waals surface area contributed by atoms with Gasteiger partial charge in [-0.2, -0.15) is 27.8 Å². The van der Waals surface area contributed by atoms with Crippen molar-refractivity contribution in [3.8, 4) is 0 Å². The summed E-state index contributed by atoms with van der Waals surface area (Å²) in [6.07, 6.45) is 5.11. The topological polar surface area (TPSA) is 54.1 Å². The SMILES string of the molecule is C.C.CC1(C)OB(c2cnn(C(F)F)c2)OC1(C)C.FC(F)n1cc(Br)cn1. The van der Waals surface area contributed by atoms with Crippen molar-refractivity contribution in [2.45, 2.75) is 66.8 Å². The highest BCUT2D eigenvalue weighted by Crippen LogP contribution is 2.36. The van der Waals surface area contributed by atoms with E-state index in [0.717, 1.165) is 0 Å². The first-order chi connectivity index (χ1) is 11.9. The molecule has 12 heteroatoms. The van der Waals surface area contributed by atoms with Crippen LogP contribution in [0.2, 0.25) is 0 Å². The molecule has 1 aliphatic rings. The number of aromatic nitrogens is 4. The van der Waals surface area contributed by atoms with Crippen LogP contribution in [0.5, 0.6) is 0 Å². The monoisotopic (exact) mass is 472 g/mol. The summed E-state index contributed by atoms with van der Waals surface area (Å²) in [6.45, 7) is 2.44. The van der Waals surface area contributed by atoms with Crippen molar-refractivity contribution in [3.05, 3.63) is 29.3 Å². The Labute approximate surface area is 171 Å². The number of nitrogens with zero attached hydrogens (tertiary/aromatic N) is 4. The molecule has 0 atom stereocenters. The Morgan fingerprint density at radius 1 is 0.893 bits per heavy atom. The van der Waals surface area contributed by atoms with Crippen molar-refractivity contribution in [2.24, 2.45) is 0 Å². The smallest absolute Gasteiger partial charge is 0.399 e. The van der Waals surface area contributed by atoms with E-state index >= 15 is 0 Å². The van der Waals surface area contributed by atoms with Crippen LogP contribution in [0.15, 0.2) is 29.3 Å². The van der Waals surface area contributed by atoms with Gasteiger partial charge in [0.1, 0.15) is 0 Å². The highest BCUT2D eigenvalue weighted by Gasteiger charge is 2.52. The molecule has 0 aromatic carbocycles. The van der Waals surface area contributed by atoms with E-state index in [2.05, 4.69) is 26.1 Å². The highest BCUT2D eigenvalue weighted by atomic mass is 79.9. The molecule has 3 heterocycles. The van der Waals surface area contributed by atoms with E-state index in [-0.39, 0.29) is 14.9 Å². The van der Waals surface area contributed by atoms with Gasteiger partial charge in [0.05, 0.1) is 21.9 Å². The Morgan fingerprint density at radius 2 is 1.32 bits per heavy atom. The van der Waals surface area contributed by atoms with Gasteiger partial charge in [-0.05, 0) is 43.6 Å². The van der Waals surface area contributed by atoms with Gasteiger partial charge in [0.25, 0.3) is 0 Å². The van der Waals surface area contributed by atoms with Gasteiger partial charge in [0.15, 0.2) is 0 Å². The summed E-state index contributed by atoms with van der Waals surface area (Å²) in [7, 11) is -0.646. The second-order valence-corrected chi connectivity index (χ2v) is 7.45. The Kier molecular flexibility index (Phi) is 9.39. The number of rotatable bonds is 3. The van der Waals surface area contributed by atoms with Crippen molar-refractivity contribution in [1.29, 1.82) is 0 Å². The fourth-order valence-corrected chi connectivity index (χ4v) is 2.28. The Bertz CT molecular complexity index is 724. The van der Waals surface area contributed by atoms with Crippen LogP contribution in [0.4, 0.5) is 17.6 Å². The third kappa shape index (κ3) is 6.05. The second kappa shape index (κ2) is 9.88. The lowest BCUT2D eigenvalue weighted by molar-refractivity contribution is 0.00578. The molecule has 0 radical (unpaired) electrons. The zero-order valence-corrected chi connectivity index (χ0v) is 16.1. The number of halogens is 5. The summed E-state index contributed by atoms with van der Waals surface area (Å²) in [6, 6.07) is 0. The zero-order valence-electron chi connectivity index (χ0n) is 14.5. The number of hydrogen-bond donors (Lipinski definition) is 0. The average Bonchev–Trinajstić information content (AvgIpc) is 3.18. The third-order valence-electron chi connectivity index (χ3n) is 4.12. The van der Waals surface area contributed by atoms with Crippen molar-refractivity contribution in [3.63, 3.8) is 0 Å². The van der Waals surface area contributed by atoms with Crippen LogP contribution in [0.25, 0.3) is 0 Å². The van der Waals surface area contributed by atoms with Crippen molar-refractivity contribution < 1.29 is 26.9 Å². The lowest BCUT2D eigenvalue weighted by Crippen LogP contribution is -2.41. The summed E-state index contributed by atoms with van der Waals surface area (Å²) < 4.78 is 61.3. The van der Waals surface area contributed by atoms with Crippen LogP contribution >= 0.6 is 15.9 Å². The summed E-state index contributed by atoms with van der Waals surface area (Å²) in [4.78, 5) is 0. The molecule has 160 valence electrons. The van der Waals surface area contributed by atoms with Crippen LogP contribution in [0.1, 0.15) is 55.6 Å². The Balaban J connectivity index is 0.000000570. The minimum atomic E-state index is -2.65. The first-order valence-electron chi connectivity index (χ1n) is 7.58. The zero-order chi connectivity index (χ0) is 19.7. The van der Waals surface area contributed by atoms with Gasteiger partial charge in [-0.15, -0.1) is 0 Å². The molecule has 0 N–H and O–H groups in total. The second-order valence-electron chi connectivity index (χ2n) is 6.54. The fraction of sp³-hybridized carbons (Fsp3) is 0.625. The standard InChI is InChI=1S/C10H15BF2N2O2.C4H3BrF2N2.2CH4/c1-9(2)10(3,4)17-11(16-9)7-5-14-15(6-7)8(12)13;5-3-1-8-9(2-3)4(6)7;;/h5-6,8H,1-4H3;1-2,4H;2*1H4. The molecule has 28 heavy (non-hydrogen) atoms. The molecule has 0 aliphatic carbocycles. The van der Waals surface area contributed by atoms with E-state index < -0.39 is 31.4 Å². The maximum Gasteiger partial charge on any atom is 0.498 e. The third-order valence-corrected chi connectivity index (χ3v) is 4.53. The molecule has 1 aliphatic heterocycles. The lowest BCUT2D eigenvalue weighted by atomic mass is 9.82. The lowest BCUT2D eigenvalue weighted by Gasteiger charge is -2.32. The summed E-state index contributed by atoms with van der Waals surface area (Å²) >= 11 is 2.98. The summed E-state index contributed by atoms with van der Waals surface area (Å²) in [5, 5.41) is 6.90. The van der Waals surface area contributed by atoms with Crippen molar-refractivity contribution in [2.75, 3.05) is 0 Å². The van der Waals surface area contributed by atoms with Gasteiger partial charge in [-0.3, -0.25) is 0 Å². The highest BCUT2D eigenvalue weighted by molar-refractivity contribution is 9.10. The molecule has 0 bridgehead atoms. The molecule has 6 nitrogen and oxygen atoms in total. The minimum absolute atomic E-state index is 0. The van der Waals surface area contributed by atoms with E-state index in [1.807, 2.05) is 27.7 Å². The summed E-state index contributed by atoms with van der Waals surface area (Å²) in [5.41, 5.74) is -0.459.